The van der Waals surface area contributed by atoms with Crippen molar-refractivity contribution in [1.82, 2.24) is 20.4 Å². The third kappa shape index (κ3) is 5.08. The molecule has 0 bridgehead atoms. The number of carbonyl (C=O) groups is 2. The molecule has 0 unspecified atom stereocenters. The van der Waals surface area contributed by atoms with E-state index in [0.29, 0.717) is 16.7 Å². The number of ether oxygens (including phenoxy) is 1. The number of fused-ring (bicyclic) bond motifs is 1. The highest BCUT2D eigenvalue weighted by Crippen LogP contribution is 2.11. The first-order chi connectivity index (χ1) is 14.0. The van der Waals surface area contributed by atoms with Crippen LogP contribution >= 0.6 is 12.2 Å². The molecule has 1 aromatic heterocycles. The lowest BCUT2D eigenvalue weighted by molar-refractivity contribution is -0.128. The van der Waals surface area contributed by atoms with Crippen molar-refractivity contribution in [1.29, 1.82) is 0 Å². The first-order valence-corrected chi connectivity index (χ1v) is 9.31. The number of hydrogen-bond acceptors (Lipinski definition) is 5. The van der Waals surface area contributed by atoms with E-state index in [1.165, 1.54) is 4.57 Å². The average molecular weight is 412 g/mol. The third-order valence-corrected chi connectivity index (χ3v) is 4.64. The van der Waals surface area contributed by atoms with Gasteiger partial charge in [0.05, 0.1) is 24.4 Å². The molecule has 1 heterocycles. The Kier molecular flexibility index (Phi) is 6.40. The highest BCUT2D eigenvalue weighted by Gasteiger charge is 2.09. The van der Waals surface area contributed by atoms with E-state index in [1.54, 1.807) is 55.6 Å². The van der Waals surface area contributed by atoms with Crippen LogP contribution in [0.25, 0.3) is 10.9 Å². The van der Waals surface area contributed by atoms with Crippen molar-refractivity contribution in [3.05, 3.63) is 69.2 Å². The number of nitrogens with zero attached hydrogens (tertiary/aromatic N) is 1. The lowest BCUT2D eigenvalue weighted by Crippen LogP contribution is -2.42. The molecular weight excluding hydrogens is 392 g/mol. The number of aromatic amines is 1. The zero-order chi connectivity index (χ0) is 20.8. The summed E-state index contributed by atoms with van der Waals surface area (Å²) >= 11 is 5.21. The molecule has 0 atom stereocenters. The van der Waals surface area contributed by atoms with Crippen LogP contribution in [0.4, 0.5) is 0 Å². The fraction of sp³-hybridized carbons (Fsp3) is 0.200. The summed E-state index contributed by atoms with van der Waals surface area (Å²) in [6.45, 7) is 0.0964. The van der Waals surface area contributed by atoms with E-state index in [1.807, 2.05) is 0 Å². The Morgan fingerprint density at radius 3 is 2.48 bits per heavy atom. The molecule has 3 aromatic rings. The Labute approximate surface area is 171 Å². The van der Waals surface area contributed by atoms with Crippen LogP contribution in [-0.2, 0) is 22.6 Å². The van der Waals surface area contributed by atoms with Gasteiger partial charge in [0.1, 0.15) is 5.75 Å². The molecule has 0 fully saturated rings. The summed E-state index contributed by atoms with van der Waals surface area (Å²) in [5, 5.41) is 0.495. The van der Waals surface area contributed by atoms with E-state index in [-0.39, 0.29) is 35.6 Å². The number of methoxy groups -OCH3 is 1. The Bertz CT molecular complexity index is 1150. The van der Waals surface area contributed by atoms with E-state index >= 15 is 0 Å². The van der Waals surface area contributed by atoms with Gasteiger partial charge in [-0.1, -0.05) is 24.3 Å². The normalized spacial score (nSPS) is 10.5. The molecule has 0 aliphatic heterocycles. The van der Waals surface area contributed by atoms with Gasteiger partial charge in [-0.3, -0.25) is 29.8 Å². The standard InChI is InChI=1S/C20H20N4O4S/c1-28-14-8-6-13(7-9-14)12-18(26)23-22-17(25)10-11-24-19(27)15-4-2-3-5-16(15)21-20(24)29/h2-9H,10-12H2,1H3,(H,21,29)(H,22,25)(H,23,26). The van der Waals surface area contributed by atoms with Crippen LogP contribution in [-0.4, -0.2) is 28.5 Å². The molecule has 0 saturated heterocycles. The molecule has 9 heteroatoms. The van der Waals surface area contributed by atoms with Crippen LogP contribution < -0.4 is 21.1 Å². The molecule has 0 spiro atoms. The number of benzene rings is 2. The highest BCUT2D eigenvalue weighted by atomic mass is 32.1. The van der Waals surface area contributed by atoms with Crippen LogP contribution in [0, 0.1) is 4.77 Å². The number of amides is 2. The molecule has 2 amide bonds. The van der Waals surface area contributed by atoms with E-state index in [2.05, 4.69) is 15.8 Å². The van der Waals surface area contributed by atoms with Crippen molar-refractivity contribution in [2.24, 2.45) is 0 Å². The number of para-hydroxylation sites is 1. The zero-order valence-electron chi connectivity index (χ0n) is 15.7. The summed E-state index contributed by atoms with van der Waals surface area (Å²) in [5.74, 6) is -0.0871. The molecule has 8 nitrogen and oxygen atoms in total. The molecule has 0 aliphatic carbocycles. The van der Waals surface area contributed by atoms with Gasteiger partial charge in [0.25, 0.3) is 5.56 Å². The van der Waals surface area contributed by atoms with Gasteiger partial charge in [-0.2, -0.15) is 0 Å². The fourth-order valence-electron chi connectivity index (χ4n) is 2.79. The Morgan fingerprint density at radius 1 is 1.07 bits per heavy atom. The summed E-state index contributed by atoms with van der Waals surface area (Å²) in [4.78, 5) is 39.5. The van der Waals surface area contributed by atoms with E-state index in [0.717, 1.165) is 5.56 Å². The molecular formula is C20H20N4O4S. The minimum atomic E-state index is -0.428. The van der Waals surface area contributed by atoms with E-state index in [9.17, 15) is 14.4 Å². The second-order valence-electron chi connectivity index (χ2n) is 6.30. The van der Waals surface area contributed by atoms with Gasteiger partial charge in [-0.25, -0.2) is 0 Å². The van der Waals surface area contributed by atoms with Crippen LogP contribution in [0.5, 0.6) is 5.75 Å². The Morgan fingerprint density at radius 2 is 1.76 bits per heavy atom. The fourth-order valence-corrected chi connectivity index (χ4v) is 3.07. The topological polar surface area (TPSA) is 105 Å². The van der Waals surface area contributed by atoms with Crippen molar-refractivity contribution < 1.29 is 14.3 Å². The number of hydrazine groups is 1. The molecule has 0 aliphatic rings. The minimum absolute atomic E-state index is 0.0153. The van der Waals surface area contributed by atoms with Crippen LogP contribution in [0.2, 0.25) is 0 Å². The van der Waals surface area contributed by atoms with Gasteiger partial charge >= 0.3 is 0 Å². The second kappa shape index (κ2) is 9.16. The third-order valence-electron chi connectivity index (χ3n) is 4.32. The summed E-state index contributed by atoms with van der Waals surface area (Å²) < 4.78 is 6.64. The maximum absolute atomic E-state index is 12.5. The van der Waals surface area contributed by atoms with Crippen molar-refractivity contribution in [2.75, 3.05) is 7.11 Å². The van der Waals surface area contributed by atoms with Crippen LogP contribution in [0.3, 0.4) is 0 Å². The van der Waals surface area contributed by atoms with Gasteiger partial charge in [-0.15, -0.1) is 0 Å². The predicted molar refractivity (Wildman–Crippen MR) is 111 cm³/mol. The van der Waals surface area contributed by atoms with Crippen LogP contribution in [0.15, 0.2) is 53.3 Å². The number of rotatable bonds is 6. The summed E-state index contributed by atoms with van der Waals surface area (Å²) in [7, 11) is 1.57. The second-order valence-corrected chi connectivity index (χ2v) is 6.69. The van der Waals surface area contributed by atoms with Gasteiger partial charge in [0, 0.05) is 13.0 Å². The maximum Gasteiger partial charge on any atom is 0.262 e. The van der Waals surface area contributed by atoms with Crippen molar-refractivity contribution in [3.8, 4) is 5.75 Å². The predicted octanol–water partition coefficient (Wildman–Crippen LogP) is 1.85. The minimum Gasteiger partial charge on any atom is -0.497 e. The number of nitrogens with one attached hydrogen (secondary N) is 3. The zero-order valence-corrected chi connectivity index (χ0v) is 16.5. The first-order valence-electron chi connectivity index (χ1n) is 8.90. The van der Waals surface area contributed by atoms with Gasteiger partial charge in [-0.05, 0) is 42.0 Å². The monoisotopic (exact) mass is 412 g/mol. The Balaban J connectivity index is 1.53. The molecule has 150 valence electrons. The quantitative estimate of drug-likeness (QED) is 0.423. The molecule has 3 N–H and O–H groups in total. The molecule has 0 saturated carbocycles. The molecule has 29 heavy (non-hydrogen) atoms. The van der Waals surface area contributed by atoms with Crippen molar-refractivity contribution in [3.63, 3.8) is 0 Å². The summed E-state index contributed by atoms with van der Waals surface area (Å²) in [6, 6.07) is 14.1. The molecule has 2 aromatic carbocycles. The molecule has 0 radical (unpaired) electrons. The number of H-pyrrole nitrogens is 1. The first kappa shape index (κ1) is 20.3. The lowest BCUT2D eigenvalue weighted by Gasteiger charge is -2.10. The van der Waals surface area contributed by atoms with Crippen molar-refractivity contribution >= 4 is 34.9 Å². The maximum atomic E-state index is 12.5. The van der Waals surface area contributed by atoms with Crippen LogP contribution in [0.1, 0.15) is 12.0 Å². The van der Waals surface area contributed by atoms with E-state index < -0.39 is 5.91 Å². The SMILES string of the molecule is COc1ccc(CC(=O)NNC(=O)CCn2c(=S)[nH]c3ccccc3c2=O)cc1. The Hall–Kier alpha value is -3.46. The summed E-state index contributed by atoms with van der Waals surface area (Å²) in [5.41, 5.74) is 5.88. The summed E-state index contributed by atoms with van der Waals surface area (Å²) in [6.07, 6.45) is 0.0955. The number of aromatic nitrogens is 2. The van der Waals surface area contributed by atoms with Crippen molar-refractivity contribution in [2.45, 2.75) is 19.4 Å². The van der Waals surface area contributed by atoms with Gasteiger partial charge < -0.3 is 9.72 Å². The molecule has 3 rings (SSSR count). The van der Waals surface area contributed by atoms with E-state index in [4.69, 9.17) is 17.0 Å². The largest absolute Gasteiger partial charge is 0.497 e. The lowest BCUT2D eigenvalue weighted by atomic mass is 10.1. The number of carbonyl (C=O) groups excluding carboxylic acids is 2. The average Bonchev–Trinajstić information content (AvgIpc) is 2.72. The highest BCUT2D eigenvalue weighted by molar-refractivity contribution is 7.71. The number of hydrogen-bond donors (Lipinski definition) is 3. The van der Waals surface area contributed by atoms with Gasteiger partial charge in [0.15, 0.2) is 4.77 Å². The van der Waals surface area contributed by atoms with Gasteiger partial charge in [0.2, 0.25) is 11.8 Å². The smallest absolute Gasteiger partial charge is 0.262 e.